The van der Waals surface area contributed by atoms with Crippen LogP contribution in [0.4, 0.5) is 8.78 Å². The molecule has 0 saturated carbocycles. The summed E-state index contributed by atoms with van der Waals surface area (Å²) >= 11 is 0. The van der Waals surface area contributed by atoms with Gasteiger partial charge in [-0.25, -0.2) is 23.1 Å². The van der Waals surface area contributed by atoms with Gasteiger partial charge in [0.05, 0.1) is 19.3 Å². The van der Waals surface area contributed by atoms with Crippen molar-refractivity contribution in [3.05, 3.63) is 132 Å². The van der Waals surface area contributed by atoms with Gasteiger partial charge in [0, 0.05) is 17.2 Å². The number of carbonyl (C=O) groups excluding carboxylic acids is 1. The lowest BCUT2D eigenvalue weighted by Gasteiger charge is -2.28. The molecule has 1 unspecified atom stereocenters. The molecule has 0 bridgehead atoms. The zero-order valence-electron chi connectivity index (χ0n) is 21.1. The summed E-state index contributed by atoms with van der Waals surface area (Å²) in [5.74, 6) is -1.27. The average Bonchev–Trinajstić information content (AvgIpc) is 3.63. The summed E-state index contributed by atoms with van der Waals surface area (Å²) in [6.07, 6.45) is 7.50. The third kappa shape index (κ3) is 6.51. The molecule has 5 aromatic rings. The Morgan fingerprint density at radius 2 is 1.77 bits per heavy atom. The highest BCUT2D eigenvalue weighted by molar-refractivity contribution is 6.06. The second-order valence-corrected chi connectivity index (χ2v) is 9.08. The lowest BCUT2D eigenvalue weighted by Crippen LogP contribution is -2.37. The molecule has 2 heterocycles. The Hall–Kier alpha value is -5.03. The van der Waals surface area contributed by atoms with E-state index in [-0.39, 0.29) is 31.0 Å². The molecule has 0 amide bonds. The highest BCUT2D eigenvalue weighted by Gasteiger charge is 2.34. The van der Waals surface area contributed by atoms with E-state index in [0.717, 1.165) is 11.6 Å². The van der Waals surface area contributed by atoms with Crippen molar-refractivity contribution in [3.8, 4) is 5.75 Å². The lowest BCUT2D eigenvalue weighted by atomic mass is 9.93. The summed E-state index contributed by atoms with van der Waals surface area (Å²) in [6.45, 7) is -0.295. The standard InChI is InChI=1S/C29H24F2N6O3/c30-23-9-12-26(27(31)14-23)29(39,18-37-20-32-19-33-37)17-36-15-24(34-35-36)16-40-25-10-7-22(8-11-25)28(38)13-6-21-4-2-1-3-5-21/h1-15,19-20,39H,16-18H2/b13-6+. The monoisotopic (exact) mass is 542 g/mol. The predicted octanol–water partition coefficient (Wildman–Crippen LogP) is 4.21. The molecule has 5 rings (SSSR count). The fraction of sp³-hybridized carbons (Fsp3) is 0.138. The average molecular weight is 543 g/mol. The number of aliphatic hydroxyl groups is 1. The van der Waals surface area contributed by atoms with Crippen molar-refractivity contribution in [2.45, 2.75) is 25.3 Å². The zero-order chi connectivity index (χ0) is 28.0. The number of ketones is 1. The maximum atomic E-state index is 14.7. The Labute approximate surface area is 228 Å². The summed E-state index contributed by atoms with van der Waals surface area (Å²) < 4.78 is 36.6. The van der Waals surface area contributed by atoms with E-state index >= 15 is 0 Å². The van der Waals surface area contributed by atoms with E-state index in [2.05, 4.69) is 20.4 Å². The van der Waals surface area contributed by atoms with Gasteiger partial charge >= 0.3 is 0 Å². The van der Waals surface area contributed by atoms with E-state index in [9.17, 15) is 18.7 Å². The Kier molecular flexibility index (Phi) is 7.83. The molecule has 2 aromatic heterocycles. The first-order valence-corrected chi connectivity index (χ1v) is 12.3. The number of aromatic nitrogens is 6. The van der Waals surface area contributed by atoms with Crippen LogP contribution in [0.1, 0.15) is 27.2 Å². The van der Waals surface area contributed by atoms with Crippen LogP contribution >= 0.6 is 0 Å². The molecule has 202 valence electrons. The van der Waals surface area contributed by atoms with E-state index in [0.29, 0.717) is 23.1 Å². The highest BCUT2D eigenvalue weighted by atomic mass is 19.1. The van der Waals surface area contributed by atoms with Crippen LogP contribution < -0.4 is 4.74 Å². The summed E-state index contributed by atoms with van der Waals surface area (Å²) in [6, 6.07) is 19.2. The molecule has 11 heteroatoms. The molecule has 0 saturated heterocycles. The van der Waals surface area contributed by atoms with E-state index in [1.54, 1.807) is 36.5 Å². The van der Waals surface area contributed by atoms with E-state index in [4.69, 9.17) is 4.74 Å². The second kappa shape index (κ2) is 11.8. The Balaban J connectivity index is 1.23. The molecule has 9 nitrogen and oxygen atoms in total. The number of nitrogens with zero attached hydrogens (tertiary/aromatic N) is 6. The van der Waals surface area contributed by atoms with Crippen molar-refractivity contribution < 1.29 is 23.4 Å². The van der Waals surface area contributed by atoms with Crippen molar-refractivity contribution >= 4 is 11.9 Å². The Morgan fingerprint density at radius 3 is 2.50 bits per heavy atom. The van der Waals surface area contributed by atoms with Gasteiger partial charge in [0.1, 0.15) is 47.9 Å². The van der Waals surface area contributed by atoms with Crippen molar-refractivity contribution in [3.63, 3.8) is 0 Å². The minimum absolute atomic E-state index is 0.0631. The predicted molar refractivity (Wildman–Crippen MR) is 141 cm³/mol. The highest BCUT2D eigenvalue weighted by Crippen LogP contribution is 2.28. The first-order chi connectivity index (χ1) is 19.4. The second-order valence-electron chi connectivity index (χ2n) is 9.08. The molecule has 0 aliphatic heterocycles. The van der Waals surface area contributed by atoms with E-state index in [1.807, 2.05) is 30.3 Å². The number of hydrogen-bond acceptors (Lipinski definition) is 7. The molecule has 0 aliphatic carbocycles. The van der Waals surface area contributed by atoms with Gasteiger partial charge in [-0.05, 0) is 42.0 Å². The molecule has 40 heavy (non-hydrogen) atoms. The molecular weight excluding hydrogens is 518 g/mol. The van der Waals surface area contributed by atoms with Gasteiger partial charge in [-0.2, -0.15) is 5.10 Å². The van der Waals surface area contributed by atoms with Crippen LogP contribution in [0.25, 0.3) is 6.08 Å². The smallest absolute Gasteiger partial charge is 0.185 e. The van der Waals surface area contributed by atoms with Crippen molar-refractivity contribution in [2.24, 2.45) is 0 Å². The summed E-state index contributed by atoms with van der Waals surface area (Å²) in [5.41, 5.74) is -0.0533. The SMILES string of the molecule is O=C(/C=C/c1ccccc1)c1ccc(OCc2cn(CC(O)(Cn3cncn3)c3ccc(F)cc3F)nn2)cc1. The normalized spacial score (nSPS) is 12.9. The van der Waals surface area contributed by atoms with E-state index in [1.165, 1.54) is 34.2 Å². The van der Waals surface area contributed by atoms with E-state index < -0.39 is 17.2 Å². The number of ether oxygens (including phenoxy) is 1. The quantitative estimate of drug-likeness (QED) is 0.197. The van der Waals surface area contributed by atoms with Crippen molar-refractivity contribution in [1.29, 1.82) is 0 Å². The van der Waals surface area contributed by atoms with Crippen molar-refractivity contribution in [2.75, 3.05) is 0 Å². The maximum Gasteiger partial charge on any atom is 0.185 e. The Bertz CT molecular complexity index is 1600. The number of rotatable bonds is 11. The summed E-state index contributed by atoms with van der Waals surface area (Å²) in [4.78, 5) is 16.3. The van der Waals surface area contributed by atoms with Crippen LogP contribution in [0.5, 0.6) is 5.75 Å². The van der Waals surface area contributed by atoms with Gasteiger partial charge in [-0.3, -0.25) is 4.79 Å². The molecule has 3 aromatic carbocycles. The van der Waals surface area contributed by atoms with Crippen molar-refractivity contribution in [1.82, 2.24) is 29.8 Å². The van der Waals surface area contributed by atoms with Gasteiger partial charge < -0.3 is 9.84 Å². The molecular formula is C29H24F2N6O3. The third-order valence-corrected chi connectivity index (χ3v) is 6.08. The Morgan fingerprint density at radius 1 is 1.00 bits per heavy atom. The summed E-state index contributed by atoms with van der Waals surface area (Å²) in [5, 5.41) is 23.5. The van der Waals surface area contributed by atoms with Crippen LogP contribution in [0, 0.1) is 11.6 Å². The lowest BCUT2D eigenvalue weighted by molar-refractivity contribution is -0.00892. The molecule has 0 radical (unpaired) electrons. The number of hydrogen-bond donors (Lipinski definition) is 1. The topological polar surface area (TPSA) is 108 Å². The van der Waals surface area contributed by atoms with Gasteiger partial charge in [0.15, 0.2) is 5.78 Å². The fourth-order valence-corrected chi connectivity index (χ4v) is 4.12. The molecule has 0 spiro atoms. The number of carbonyl (C=O) groups is 1. The molecule has 1 atom stereocenters. The van der Waals surface area contributed by atoms with Crippen LogP contribution in [-0.2, 0) is 25.3 Å². The summed E-state index contributed by atoms with van der Waals surface area (Å²) in [7, 11) is 0. The minimum Gasteiger partial charge on any atom is -0.487 e. The van der Waals surface area contributed by atoms with Gasteiger partial charge in [0.25, 0.3) is 0 Å². The minimum atomic E-state index is -1.84. The number of allylic oxidation sites excluding steroid dienone is 1. The van der Waals surface area contributed by atoms with Gasteiger partial charge in [-0.15, -0.1) is 5.10 Å². The third-order valence-electron chi connectivity index (χ3n) is 6.08. The first-order valence-electron chi connectivity index (χ1n) is 12.3. The number of halogens is 2. The fourth-order valence-electron chi connectivity index (χ4n) is 4.12. The molecule has 0 aliphatic rings. The van der Waals surface area contributed by atoms with Crippen LogP contribution in [0.15, 0.2) is 97.7 Å². The van der Waals surface area contributed by atoms with Crippen LogP contribution in [-0.4, -0.2) is 40.6 Å². The number of benzene rings is 3. The van der Waals surface area contributed by atoms with Gasteiger partial charge in [-0.1, -0.05) is 47.7 Å². The molecule has 1 N–H and O–H groups in total. The van der Waals surface area contributed by atoms with Crippen LogP contribution in [0.3, 0.4) is 0 Å². The first kappa shape index (κ1) is 26.6. The largest absolute Gasteiger partial charge is 0.487 e. The molecule has 0 fully saturated rings. The van der Waals surface area contributed by atoms with Gasteiger partial charge in [0.2, 0.25) is 0 Å². The maximum absolute atomic E-state index is 14.7. The zero-order valence-corrected chi connectivity index (χ0v) is 21.1. The van der Waals surface area contributed by atoms with Crippen LogP contribution in [0.2, 0.25) is 0 Å².